The van der Waals surface area contributed by atoms with Crippen molar-refractivity contribution in [2.24, 2.45) is 0 Å². The van der Waals surface area contributed by atoms with Crippen LogP contribution < -0.4 is 10.6 Å². The van der Waals surface area contributed by atoms with Crippen LogP contribution in [0.5, 0.6) is 0 Å². The number of carbonyl (C=O) groups excluding carboxylic acids is 1. The van der Waals surface area contributed by atoms with Crippen molar-refractivity contribution in [1.29, 1.82) is 0 Å². The maximum Gasteiger partial charge on any atom is 0.237 e. The van der Waals surface area contributed by atoms with Gasteiger partial charge in [0, 0.05) is 32.2 Å². The number of carbonyl (C=O) groups is 1. The molecule has 0 bridgehead atoms. The number of nitrogens with zero attached hydrogens (tertiary/aromatic N) is 1. The molecule has 2 atom stereocenters. The summed E-state index contributed by atoms with van der Waals surface area (Å²) in [7, 11) is 0. The van der Waals surface area contributed by atoms with E-state index in [0.717, 1.165) is 17.7 Å². The van der Waals surface area contributed by atoms with Gasteiger partial charge in [-0.2, -0.15) is 0 Å². The highest BCUT2D eigenvalue weighted by Gasteiger charge is 2.36. The van der Waals surface area contributed by atoms with Gasteiger partial charge in [-0.25, -0.2) is 8.78 Å². The quantitative estimate of drug-likeness (QED) is 0.518. The smallest absolute Gasteiger partial charge is 0.237 e. The molecule has 2 N–H and O–H groups in total. The molecule has 33 heavy (non-hydrogen) atoms. The fourth-order valence-corrected chi connectivity index (χ4v) is 4.37. The lowest BCUT2D eigenvalue weighted by Crippen LogP contribution is -2.43. The van der Waals surface area contributed by atoms with E-state index in [1.165, 1.54) is 18.2 Å². The summed E-state index contributed by atoms with van der Waals surface area (Å²) in [5.41, 5.74) is 2.62. The minimum Gasteiger partial charge on any atom is -0.354 e. The largest absolute Gasteiger partial charge is 0.354 e. The van der Waals surface area contributed by atoms with Gasteiger partial charge in [0.1, 0.15) is 11.6 Å². The molecule has 0 saturated carbocycles. The van der Waals surface area contributed by atoms with Gasteiger partial charge in [-0.1, -0.05) is 60.7 Å². The van der Waals surface area contributed by atoms with Crippen LogP contribution in [0, 0.1) is 11.6 Å². The van der Waals surface area contributed by atoms with Crippen molar-refractivity contribution in [2.45, 2.75) is 38.0 Å². The highest BCUT2D eigenvalue weighted by Crippen LogP contribution is 2.22. The molecule has 1 aliphatic rings. The van der Waals surface area contributed by atoms with Crippen LogP contribution in [-0.4, -0.2) is 36.0 Å². The van der Waals surface area contributed by atoms with Crippen LogP contribution in [0.1, 0.15) is 23.1 Å². The van der Waals surface area contributed by atoms with Crippen LogP contribution in [-0.2, 0) is 24.3 Å². The Balaban J connectivity index is 1.37. The van der Waals surface area contributed by atoms with Crippen molar-refractivity contribution in [1.82, 2.24) is 15.5 Å². The van der Waals surface area contributed by atoms with Gasteiger partial charge in [0.15, 0.2) is 0 Å². The van der Waals surface area contributed by atoms with E-state index >= 15 is 0 Å². The van der Waals surface area contributed by atoms with E-state index in [1.54, 1.807) is 24.3 Å². The molecule has 0 radical (unpaired) electrons. The number of halogens is 2. The first kappa shape index (κ1) is 23.1. The Morgan fingerprint density at radius 1 is 0.939 bits per heavy atom. The SMILES string of the molecule is O=C(NCCc1ccccc1F)[C@@H]1C[C@H](NCc2cccc(F)c2)CN1Cc1ccccc1. The molecule has 4 nitrogen and oxygen atoms in total. The molecule has 0 aliphatic carbocycles. The van der Waals surface area contributed by atoms with Crippen LogP contribution >= 0.6 is 0 Å². The molecule has 1 saturated heterocycles. The lowest BCUT2D eigenvalue weighted by molar-refractivity contribution is -0.125. The summed E-state index contributed by atoms with van der Waals surface area (Å²) in [6, 6.07) is 23.1. The van der Waals surface area contributed by atoms with E-state index in [-0.39, 0.29) is 29.6 Å². The average molecular weight is 450 g/mol. The third-order valence-electron chi connectivity index (χ3n) is 6.07. The van der Waals surface area contributed by atoms with Gasteiger partial charge in [-0.05, 0) is 47.7 Å². The van der Waals surface area contributed by atoms with Crippen molar-refractivity contribution in [2.75, 3.05) is 13.1 Å². The number of hydrogen-bond donors (Lipinski definition) is 2. The minimum absolute atomic E-state index is 0.0441. The van der Waals surface area contributed by atoms with Crippen LogP contribution in [0.2, 0.25) is 0 Å². The lowest BCUT2D eigenvalue weighted by Gasteiger charge is -2.23. The lowest BCUT2D eigenvalue weighted by atomic mass is 10.1. The molecule has 4 rings (SSSR count). The molecule has 3 aromatic rings. The second kappa shape index (κ2) is 11.2. The monoisotopic (exact) mass is 449 g/mol. The maximum atomic E-state index is 13.9. The van der Waals surface area contributed by atoms with Gasteiger partial charge in [0.25, 0.3) is 0 Å². The Hall–Kier alpha value is -3.09. The van der Waals surface area contributed by atoms with E-state index in [0.29, 0.717) is 38.0 Å². The van der Waals surface area contributed by atoms with Crippen LogP contribution in [0.25, 0.3) is 0 Å². The Morgan fingerprint density at radius 2 is 1.70 bits per heavy atom. The van der Waals surface area contributed by atoms with Crippen LogP contribution in [0.4, 0.5) is 8.78 Å². The van der Waals surface area contributed by atoms with Gasteiger partial charge in [-0.15, -0.1) is 0 Å². The van der Waals surface area contributed by atoms with E-state index in [1.807, 2.05) is 24.3 Å². The molecular formula is C27H29F2N3O. The van der Waals surface area contributed by atoms with Gasteiger partial charge in [0.2, 0.25) is 5.91 Å². The number of hydrogen-bond acceptors (Lipinski definition) is 3. The molecule has 1 amide bonds. The first-order chi connectivity index (χ1) is 16.1. The second-order valence-corrected chi connectivity index (χ2v) is 8.51. The third-order valence-corrected chi connectivity index (χ3v) is 6.07. The van der Waals surface area contributed by atoms with E-state index in [2.05, 4.69) is 27.7 Å². The predicted octanol–water partition coefficient (Wildman–Crippen LogP) is 4.06. The van der Waals surface area contributed by atoms with E-state index < -0.39 is 0 Å². The molecule has 0 unspecified atom stereocenters. The molecule has 0 aromatic heterocycles. The van der Waals surface area contributed by atoms with Gasteiger partial charge >= 0.3 is 0 Å². The van der Waals surface area contributed by atoms with Crippen LogP contribution in [0.15, 0.2) is 78.9 Å². The van der Waals surface area contributed by atoms with Crippen molar-refractivity contribution < 1.29 is 13.6 Å². The number of amides is 1. The molecule has 172 valence electrons. The summed E-state index contributed by atoms with van der Waals surface area (Å²) in [6.07, 6.45) is 1.11. The Labute approximate surface area is 193 Å². The van der Waals surface area contributed by atoms with Crippen molar-refractivity contribution in [3.05, 3.63) is 107 Å². The summed E-state index contributed by atoms with van der Waals surface area (Å²) in [5, 5.41) is 6.47. The summed E-state index contributed by atoms with van der Waals surface area (Å²) >= 11 is 0. The summed E-state index contributed by atoms with van der Waals surface area (Å²) in [4.78, 5) is 15.2. The predicted molar refractivity (Wildman–Crippen MR) is 125 cm³/mol. The standard InChI is InChI=1S/C27H29F2N3O/c28-23-11-6-9-21(15-23)17-31-24-16-26(32(19-24)18-20-7-2-1-3-8-20)27(33)30-14-13-22-10-4-5-12-25(22)29/h1-12,15,24,26,31H,13-14,16-19H2,(H,30,33)/t24-,26-/m0/s1. The second-order valence-electron chi connectivity index (χ2n) is 8.51. The molecule has 0 spiro atoms. The van der Waals surface area contributed by atoms with E-state index in [9.17, 15) is 13.6 Å². The third kappa shape index (κ3) is 6.46. The first-order valence-electron chi connectivity index (χ1n) is 11.4. The fourth-order valence-electron chi connectivity index (χ4n) is 4.37. The van der Waals surface area contributed by atoms with Crippen LogP contribution in [0.3, 0.4) is 0 Å². The highest BCUT2D eigenvalue weighted by molar-refractivity contribution is 5.82. The van der Waals surface area contributed by atoms with Gasteiger partial charge in [0.05, 0.1) is 6.04 Å². The number of benzene rings is 3. The van der Waals surface area contributed by atoms with E-state index in [4.69, 9.17) is 0 Å². The molecule has 1 aliphatic heterocycles. The highest BCUT2D eigenvalue weighted by atomic mass is 19.1. The molecule has 3 aromatic carbocycles. The summed E-state index contributed by atoms with van der Waals surface area (Å²) in [6.45, 7) is 2.32. The zero-order chi connectivity index (χ0) is 23.0. The van der Waals surface area contributed by atoms with Crippen molar-refractivity contribution in [3.63, 3.8) is 0 Å². The Kier molecular flexibility index (Phi) is 7.81. The van der Waals surface area contributed by atoms with Gasteiger partial charge in [-0.3, -0.25) is 9.69 Å². The summed E-state index contributed by atoms with van der Waals surface area (Å²) in [5.74, 6) is -0.546. The maximum absolute atomic E-state index is 13.9. The zero-order valence-corrected chi connectivity index (χ0v) is 18.5. The van der Waals surface area contributed by atoms with Crippen molar-refractivity contribution >= 4 is 5.91 Å². The zero-order valence-electron chi connectivity index (χ0n) is 18.5. The molecule has 6 heteroatoms. The van der Waals surface area contributed by atoms with Crippen molar-refractivity contribution in [3.8, 4) is 0 Å². The van der Waals surface area contributed by atoms with Gasteiger partial charge < -0.3 is 10.6 Å². The normalized spacial score (nSPS) is 18.4. The fraction of sp³-hybridized carbons (Fsp3) is 0.296. The average Bonchev–Trinajstić information content (AvgIpc) is 3.22. The summed E-state index contributed by atoms with van der Waals surface area (Å²) < 4.78 is 27.4. The molecule has 1 heterocycles. The number of likely N-dealkylation sites (tertiary alicyclic amines) is 1. The first-order valence-corrected chi connectivity index (χ1v) is 11.4. The Morgan fingerprint density at radius 3 is 2.48 bits per heavy atom. The number of nitrogens with one attached hydrogen (secondary N) is 2. The Bertz CT molecular complexity index is 1060. The molecular weight excluding hydrogens is 420 g/mol. The molecule has 1 fully saturated rings. The minimum atomic E-state index is -0.282. The topological polar surface area (TPSA) is 44.4 Å². The number of rotatable bonds is 9.